The maximum atomic E-state index is 10.7. The van der Waals surface area contributed by atoms with E-state index in [-0.39, 0.29) is 0 Å². The predicted molar refractivity (Wildman–Crippen MR) is 61.2 cm³/mol. The molecular formula is C11H7ClO2S. The summed E-state index contributed by atoms with van der Waals surface area (Å²) in [6, 6.07) is 8.78. The number of aldehydes is 1. The predicted octanol–water partition coefficient (Wildman–Crippen LogP) is 4.01. The number of ether oxygens (including phenoxy) is 1. The fourth-order valence-electron chi connectivity index (χ4n) is 1.13. The summed E-state index contributed by atoms with van der Waals surface area (Å²) in [5.41, 5.74) is 0.530. The van der Waals surface area contributed by atoms with E-state index in [0.717, 1.165) is 6.29 Å². The van der Waals surface area contributed by atoms with Crippen molar-refractivity contribution in [2.24, 2.45) is 0 Å². The van der Waals surface area contributed by atoms with E-state index >= 15 is 0 Å². The SMILES string of the molecule is O=Cc1ccccc1Oc1cc(Cl)cs1. The molecule has 0 atom stereocenters. The summed E-state index contributed by atoms with van der Waals surface area (Å²) in [4.78, 5) is 10.7. The summed E-state index contributed by atoms with van der Waals surface area (Å²) in [5, 5.41) is 3.09. The van der Waals surface area contributed by atoms with E-state index in [1.54, 1.807) is 29.6 Å². The van der Waals surface area contributed by atoms with Crippen LogP contribution in [0, 0.1) is 0 Å². The first kappa shape index (κ1) is 10.2. The van der Waals surface area contributed by atoms with E-state index in [2.05, 4.69) is 0 Å². The van der Waals surface area contributed by atoms with Gasteiger partial charge in [-0.2, -0.15) is 0 Å². The lowest BCUT2D eigenvalue weighted by Crippen LogP contribution is -1.87. The summed E-state index contributed by atoms with van der Waals surface area (Å²) >= 11 is 7.15. The molecule has 4 heteroatoms. The van der Waals surface area contributed by atoms with Crippen LogP contribution in [0.25, 0.3) is 0 Å². The third-order valence-electron chi connectivity index (χ3n) is 1.80. The van der Waals surface area contributed by atoms with Crippen molar-refractivity contribution in [3.8, 4) is 10.8 Å². The van der Waals surface area contributed by atoms with Crippen molar-refractivity contribution in [3.63, 3.8) is 0 Å². The highest BCUT2D eigenvalue weighted by Crippen LogP contribution is 2.31. The number of para-hydroxylation sites is 1. The summed E-state index contributed by atoms with van der Waals surface area (Å²) in [6.45, 7) is 0. The van der Waals surface area contributed by atoms with Gasteiger partial charge in [-0.05, 0) is 12.1 Å². The van der Waals surface area contributed by atoms with E-state index in [9.17, 15) is 4.79 Å². The number of halogens is 1. The number of benzene rings is 1. The molecule has 0 radical (unpaired) electrons. The van der Waals surface area contributed by atoms with Crippen LogP contribution in [0.4, 0.5) is 0 Å². The molecule has 15 heavy (non-hydrogen) atoms. The average molecular weight is 239 g/mol. The molecule has 0 unspecified atom stereocenters. The Hall–Kier alpha value is -1.32. The highest BCUT2D eigenvalue weighted by atomic mass is 35.5. The van der Waals surface area contributed by atoms with E-state index in [1.165, 1.54) is 11.3 Å². The van der Waals surface area contributed by atoms with Gasteiger partial charge in [-0.25, -0.2) is 0 Å². The van der Waals surface area contributed by atoms with Crippen LogP contribution in [-0.2, 0) is 0 Å². The molecule has 0 N–H and O–H groups in total. The molecule has 0 amide bonds. The first-order chi connectivity index (χ1) is 7.29. The van der Waals surface area contributed by atoms with Crippen LogP contribution in [0.5, 0.6) is 10.8 Å². The van der Waals surface area contributed by atoms with Crippen LogP contribution in [0.15, 0.2) is 35.7 Å². The Kier molecular flexibility index (Phi) is 3.04. The Bertz CT molecular complexity index is 479. The molecule has 0 saturated heterocycles. The number of hydrogen-bond acceptors (Lipinski definition) is 3. The smallest absolute Gasteiger partial charge is 0.182 e. The molecular weight excluding hydrogens is 232 g/mol. The Morgan fingerprint density at radius 2 is 2.13 bits per heavy atom. The standard InChI is InChI=1S/C11H7ClO2S/c12-9-5-11(15-7-9)14-10-4-2-1-3-8(10)6-13/h1-7H. The summed E-state index contributed by atoms with van der Waals surface area (Å²) in [7, 11) is 0. The number of thiophene rings is 1. The lowest BCUT2D eigenvalue weighted by Gasteiger charge is -2.04. The maximum absolute atomic E-state index is 10.7. The zero-order valence-electron chi connectivity index (χ0n) is 7.64. The van der Waals surface area contributed by atoms with Gasteiger partial charge >= 0.3 is 0 Å². The summed E-state index contributed by atoms with van der Waals surface area (Å²) < 4.78 is 5.52. The third kappa shape index (κ3) is 2.37. The number of rotatable bonds is 3. The molecule has 1 heterocycles. The average Bonchev–Trinajstić information content (AvgIpc) is 2.65. The molecule has 0 saturated carbocycles. The molecule has 0 spiro atoms. The summed E-state index contributed by atoms with van der Waals surface area (Å²) in [6.07, 6.45) is 0.768. The van der Waals surface area contributed by atoms with Crippen LogP contribution in [0.1, 0.15) is 10.4 Å². The monoisotopic (exact) mass is 238 g/mol. The van der Waals surface area contributed by atoms with Gasteiger partial charge in [0.2, 0.25) is 0 Å². The Labute approximate surface area is 96.1 Å². The molecule has 0 aliphatic carbocycles. The quantitative estimate of drug-likeness (QED) is 0.756. The van der Waals surface area contributed by atoms with Crippen LogP contribution >= 0.6 is 22.9 Å². The van der Waals surface area contributed by atoms with Gasteiger partial charge in [0.05, 0.1) is 10.6 Å². The Morgan fingerprint density at radius 1 is 1.33 bits per heavy atom. The van der Waals surface area contributed by atoms with E-state index < -0.39 is 0 Å². The van der Waals surface area contributed by atoms with Crippen LogP contribution < -0.4 is 4.74 Å². The van der Waals surface area contributed by atoms with Gasteiger partial charge in [0.25, 0.3) is 0 Å². The normalized spacial score (nSPS) is 9.93. The van der Waals surface area contributed by atoms with Gasteiger partial charge in [-0.15, -0.1) is 11.3 Å². The van der Waals surface area contributed by atoms with E-state index in [0.29, 0.717) is 21.4 Å². The van der Waals surface area contributed by atoms with Crippen LogP contribution in [0.3, 0.4) is 0 Å². The molecule has 2 nitrogen and oxygen atoms in total. The zero-order chi connectivity index (χ0) is 10.7. The van der Waals surface area contributed by atoms with Crippen molar-refractivity contribution in [2.75, 3.05) is 0 Å². The van der Waals surface area contributed by atoms with Gasteiger partial charge in [0.1, 0.15) is 5.75 Å². The van der Waals surface area contributed by atoms with Crippen molar-refractivity contribution in [1.29, 1.82) is 0 Å². The molecule has 2 rings (SSSR count). The molecule has 0 bridgehead atoms. The Morgan fingerprint density at radius 3 is 2.80 bits per heavy atom. The molecule has 2 aromatic rings. The Balaban J connectivity index is 2.27. The fourth-order valence-corrected chi connectivity index (χ4v) is 2.05. The first-order valence-corrected chi connectivity index (χ1v) is 5.51. The lowest BCUT2D eigenvalue weighted by atomic mass is 10.2. The fraction of sp³-hybridized carbons (Fsp3) is 0. The minimum Gasteiger partial charge on any atom is -0.446 e. The topological polar surface area (TPSA) is 26.3 Å². The van der Waals surface area contributed by atoms with Crippen molar-refractivity contribution in [2.45, 2.75) is 0 Å². The number of carbonyl (C=O) groups is 1. The van der Waals surface area contributed by atoms with Gasteiger partial charge in [-0.1, -0.05) is 23.7 Å². The van der Waals surface area contributed by atoms with Crippen LogP contribution in [0.2, 0.25) is 5.02 Å². The number of hydrogen-bond donors (Lipinski definition) is 0. The van der Waals surface area contributed by atoms with Crippen molar-refractivity contribution in [3.05, 3.63) is 46.3 Å². The highest BCUT2D eigenvalue weighted by molar-refractivity contribution is 7.12. The molecule has 0 fully saturated rings. The molecule has 1 aromatic heterocycles. The zero-order valence-corrected chi connectivity index (χ0v) is 9.22. The largest absolute Gasteiger partial charge is 0.446 e. The van der Waals surface area contributed by atoms with Crippen molar-refractivity contribution >= 4 is 29.2 Å². The van der Waals surface area contributed by atoms with Crippen molar-refractivity contribution in [1.82, 2.24) is 0 Å². The maximum Gasteiger partial charge on any atom is 0.182 e. The van der Waals surface area contributed by atoms with Crippen molar-refractivity contribution < 1.29 is 9.53 Å². The minimum atomic E-state index is 0.530. The van der Waals surface area contributed by atoms with Gasteiger partial charge in [-0.3, -0.25) is 4.79 Å². The second-order valence-electron chi connectivity index (χ2n) is 2.84. The number of carbonyl (C=O) groups excluding carboxylic acids is 1. The molecule has 0 aliphatic heterocycles. The van der Waals surface area contributed by atoms with Gasteiger partial charge in [0, 0.05) is 11.4 Å². The second-order valence-corrected chi connectivity index (χ2v) is 4.15. The van der Waals surface area contributed by atoms with Gasteiger partial charge < -0.3 is 4.74 Å². The van der Waals surface area contributed by atoms with Gasteiger partial charge in [0.15, 0.2) is 11.3 Å². The minimum absolute atomic E-state index is 0.530. The molecule has 0 aliphatic rings. The van der Waals surface area contributed by atoms with E-state index in [1.807, 2.05) is 6.07 Å². The molecule has 76 valence electrons. The van der Waals surface area contributed by atoms with E-state index in [4.69, 9.17) is 16.3 Å². The van der Waals surface area contributed by atoms with Crippen LogP contribution in [-0.4, -0.2) is 6.29 Å². The third-order valence-corrected chi connectivity index (χ3v) is 2.95. The first-order valence-electron chi connectivity index (χ1n) is 4.25. The highest BCUT2D eigenvalue weighted by Gasteiger charge is 2.04. The second kappa shape index (κ2) is 4.47. The molecule has 1 aromatic carbocycles. The lowest BCUT2D eigenvalue weighted by molar-refractivity contribution is 0.112. The summed E-state index contributed by atoms with van der Waals surface area (Å²) in [5.74, 6) is 0.547.